The molecular weight excluding hydrogens is 326 g/mol. The van der Waals surface area contributed by atoms with Gasteiger partial charge in [-0.25, -0.2) is 0 Å². The van der Waals surface area contributed by atoms with Crippen molar-refractivity contribution in [1.82, 2.24) is 4.98 Å². The second kappa shape index (κ2) is 6.45. The fourth-order valence-electron chi connectivity index (χ4n) is 2.64. The maximum Gasteiger partial charge on any atom is 0.126 e. The van der Waals surface area contributed by atoms with Crippen molar-refractivity contribution in [3.63, 3.8) is 0 Å². The zero-order valence-corrected chi connectivity index (χ0v) is 14.2. The minimum absolute atomic E-state index is 0.461. The lowest BCUT2D eigenvalue weighted by atomic mass is 10.0. The molecule has 6 heteroatoms. The van der Waals surface area contributed by atoms with Gasteiger partial charge in [0, 0.05) is 28.5 Å². The van der Waals surface area contributed by atoms with Gasteiger partial charge in [-0.15, -0.1) is 0 Å². The summed E-state index contributed by atoms with van der Waals surface area (Å²) < 4.78 is 10.7. The van der Waals surface area contributed by atoms with Crippen LogP contribution in [0.3, 0.4) is 0 Å². The number of nitrogen functional groups attached to an aromatic ring is 2. The molecule has 0 aliphatic heterocycles. The maximum atomic E-state index is 6.20. The largest absolute Gasteiger partial charge is 0.497 e. The van der Waals surface area contributed by atoms with Crippen molar-refractivity contribution in [2.75, 3.05) is 25.7 Å². The summed E-state index contributed by atoms with van der Waals surface area (Å²) in [5.41, 5.74) is 15.7. The predicted octanol–water partition coefficient (Wildman–Crippen LogP) is 3.66. The molecule has 124 valence electrons. The number of ether oxygens (including phenoxy) is 2. The molecule has 0 bridgehead atoms. The van der Waals surface area contributed by atoms with Gasteiger partial charge in [-0.1, -0.05) is 17.7 Å². The van der Waals surface area contributed by atoms with Gasteiger partial charge in [0.05, 0.1) is 36.8 Å². The van der Waals surface area contributed by atoms with Crippen LogP contribution < -0.4 is 20.9 Å². The molecule has 0 radical (unpaired) electrons. The molecule has 2 aromatic carbocycles. The summed E-state index contributed by atoms with van der Waals surface area (Å²) in [6.45, 7) is 0. The summed E-state index contributed by atoms with van der Waals surface area (Å²) in [5, 5.41) is 1.35. The molecule has 5 nitrogen and oxygen atoms in total. The highest BCUT2D eigenvalue weighted by Gasteiger charge is 2.14. The van der Waals surface area contributed by atoms with E-state index in [0.29, 0.717) is 34.3 Å². The van der Waals surface area contributed by atoms with Crippen LogP contribution in [0.1, 0.15) is 11.3 Å². The van der Waals surface area contributed by atoms with Crippen molar-refractivity contribution < 1.29 is 9.47 Å². The Kier molecular flexibility index (Phi) is 4.36. The second-order valence-electron chi connectivity index (χ2n) is 5.40. The first-order chi connectivity index (χ1) is 11.5. The zero-order valence-electron chi connectivity index (χ0n) is 13.5. The van der Waals surface area contributed by atoms with E-state index in [4.69, 9.17) is 32.5 Å². The lowest BCUT2D eigenvalue weighted by molar-refractivity contribution is 0.391. The third-order valence-electron chi connectivity index (χ3n) is 3.96. The van der Waals surface area contributed by atoms with Crippen LogP contribution in [-0.4, -0.2) is 19.2 Å². The van der Waals surface area contributed by atoms with Crippen LogP contribution in [0.4, 0.5) is 11.4 Å². The van der Waals surface area contributed by atoms with Crippen molar-refractivity contribution in [1.29, 1.82) is 0 Å². The van der Waals surface area contributed by atoms with Gasteiger partial charge in [-0.3, -0.25) is 4.98 Å². The lowest BCUT2D eigenvalue weighted by Gasteiger charge is -2.14. The molecule has 0 saturated carbocycles. The molecule has 0 amide bonds. The standard InChI is InChI=1S/C18H18ClN3O2/c1-23-12-5-3-10(16(9-12)24-2)7-15-18(21)17(20)13-8-11(19)4-6-14(13)22-15/h3-6,8-9H,7,21H2,1-2H3,(H2,20,22). The Morgan fingerprint density at radius 1 is 1.00 bits per heavy atom. The smallest absolute Gasteiger partial charge is 0.126 e. The normalized spacial score (nSPS) is 10.8. The molecule has 24 heavy (non-hydrogen) atoms. The summed E-state index contributed by atoms with van der Waals surface area (Å²) in [4.78, 5) is 4.64. The number of anilines is 2. The van der Waals surface area contributed by atoms with Crippen molar-refractivity contribution in [2.24, 2.45) is 0 Å². The second-order valence-corrected chi connectivity index (χ2v) is 5.84. The third-order valence-corrected chi connectivity index (χ3v) is 4.19. The highest BCUT2D eigenvalue weighted by molar-refractivity contribution is 6.31. The Labute approximate surface area is 145 Å². The van der Waals surface area contributed by atoms with E-state index in [1.807, 2.05) is 24.3 Å². The molecule has 3 aromatic rings. The molecule has 0 unspecified atom stereocenters. The Balaban J connectivity index is 2.07. The third kappa shape index (κ3) is 2.90. The van der Waals surface area contributed by atoms with Gasteiger partial charge < -0.3 is 20.9 Å². The van der Waals surface area contributed by atoms with E-state index in [-0.39, 0.29) is 0 Å². The van der Waals surface area contributed by atoms with Crippen molar-refractivity contribution >= 4 is 33.9 Å². The fraction of sp³-hybridized carbons (Fsp3) is 0.167. The van der Waals surface area contributed by atoms with E-state index < -0.39 is 0 Å². The van der Waals surface area contributed by atoms with Crippen molar-refractivity contribution in [3.8, 4) is 11.5 Å². The van der Waals surface area contributed by atoms with Crippen LogP contribution in [-0.2, 0) is 6.42 Å². The first kappa shape index (κ1) is 16.2. The van der Waals surface area contributed by atoms with Crippen LogP contribution in [0.25, 0.3) is 10.9 Å². The molecule has 0 aliphatic carbocycles. The molecular formula is C18H18ClN3O2. The number of hydrogen-bond acceptors (Lipinski definition) is 5. The van der Waals surface area contributed by atoms with Crippen LogP contribution >= 0.6 is 11.6 Å². The van der Waals surface area contributed by atoms with Gasteiger partial charge in [0.1, 0.15) is 11.5 Å². The monoisotopic (exact) mass is 343 g/mol. The Hall–Kier alpha value is -2.66. The van der Waals surface area contributed by atoms with Gasteiger partial charge in [-0.05, 0) is 24.3 Å². The SMILES string of the molecule is COc1ccc(Cc2nc3ccc(Cl)cc3c(N)c2N)c(OC)c1. The van der Waals surface area contributed by atoms with Gasteiger partial charge >= 0.3 is 0 Å². The van der Waals surface area contributed by atoms with Crippen LogP contribution in [0, 0.1) is 0 Å². The molecule has 4 N–H and O–H groups in total. The maximum absolute atomic E-state index is 6.20. The summed E-state index contributed by atoms with van der Waals surface area (Å²) in [6, 6.07) is 11.0. The number of pyridine rings is 1. The summed E-state index contributed by atoms with van der Waals surface area (Å²) >= 11 is 6.03. The Bertz CT molecular complexity index is 912. The van der Waals surface area contributed by atoms with E-state index in [0.717, 1.165) is 22.2 Å². The number of nitrogens with zero attached hydrogens (tertiary/aromatic N) is 1. The number of hydrogen-bond donors (Lipinski definition) is 2. The Morgan fingerprint density at radius 2 is 1.79 bits per heavy atom. The molecule has 0 atom stereocenters. The van der Waals surface area contributed by atoms with Crippen LogP contribution in [0.5, 0.6) is 11.5 Å². The number of fused-ring (bicyclic) bond motifs is 1. The number of aromatic nitrogens is 1. The first-order valence-corrected chi connectivity index (χ1v) is 7.75. The van der Waals surface area contributed by atoms with Crippen LogP contribution in [0.15, 0.2) is 36.4 Å². The van der Waals surface area contributed by atoms with E-state index in [2.05, 4.69) is 4.98 Å². The fourth-order valence-corrected chi connectivity index (χ4v) is 2.81. The van der Waals surface area contributed by atoms with E-state index >= 15 is 0 Å². The zero-order chi connectivity index (χ0) is 17.3. The lowest BCUT2D eigenvalue weighted by Crippen LogP contribution is -2.05. The average molecular weight is 344 g/mol. The molecule has 0 spiro atoms. The molecule has 0 aliphatic rings. The molecule has 0 saturated heterocycles. The molecule has 1 aromatic heterocycles. The minimum Gasteiger partial charge on any atom is -0.497 e. The highest BCUT2D eigenvalue weighted by atomic mass is 35.5. The first-order valence-electron chi connectivity index (χ1n) is 7.37. The predicted molar refractivity (Wildman–Crippen MR) is 97.9 cm³/mol. The van der Waals surface area contributed by atoms with E-state index in [9.17, 15) is 0 Å². The van der Waals surface area contributed by atoms with E-state index in [1.54, 1.807) is 26.4 Å². The molecule has 0 fully saturated rings. The average Bonchev–Trinajstić information content (AvgIpc) is 2.60. The number of methoxy groups -OCH3 is 2. The van der Waals surface area contributed by atoms with Gasteiger partial charge in [0.25, 0.3) is 0 Å². The number of rotatable bonds is 4. The highest BCUT2D eigenvalue weighted by Crippen LogP contribution is 2.33. The number of benzene rings is 2. The molecule has 1 heterocycles. The number of nitrogens with two attached hydrogens (primary N) is 2. The summed E-state index contributed by atoms with van der Waals surface area (Å²) in [6.07, 6.45) is 0.502. The summed E-state index contributed by atoms with van der Waals surface area (Å²) in [7, 11) is 3.23. The minimum atomic E-state index is 0.461. The van der Waals surface area contributed by atoms with Crippen LogP contribution in [0.2, 0.25) is 5.02 Å². The van der Waals surface area contributed by atoms with Gasteiger partial charge in [-0.2, -0.15) is 0 Å². The topological polar surface area (TPSA) is 83.4 Å². The van der Waals surface area contributed by atoms with Gasteiger partial charge in [0.2, 0.25) is 0 Å². The molecule has 3 rings (SSSR count). The van der Waals surface area contributed by atoms with Crippen molar-refractivity contribution in [2.45, 2.75) is 6.42 Å². The quantitative estimate of drug-likeness (QED) is 0.755. The van der Waals surface area contributed by atoms with Gasteiger partial charge in [0.15, 0.2) is 0 Å². The Morgan fingerprint density at radius 3 is 2.50 bits per heavy atom. The van der Waals surface area contributed by atoms with E-state index in [1.165, 1.54) is 0 Å². The van der Waals surface area contributed by atoms with Crippen molar-refractivity contribution in [3.05, 3.63) is 52.7 Å². The number of halogens is 1. The summed E-state index contributed by atoms with van der Waals surface area (Å²) in [5.74, 6) is 1.44.